The molecule has 1 aliphatic heterocycles. The van der Waals surface area contributed by atoms with Crippen molar-refractivity contribution in [2.24, 2.45) is 0 Å². The van der Waals surface area contributed by atoms with Crippen LogP contribution in [0, 0.1) is 13.8 Å². The van der Waals surface area contributed by atoms with Gasteiger partial charge in [0.15, 0.2) is 0 Å². The molecule has 7 nitrogen and oxygen atoms in total. The summed E-state index contributed by atoms with van der Waals surface area (Å²) in [5.74, 6) is -0.173. The zero-order valence-corrected chi connectivity index (χ0v) is 20.6. The molecular formula is C24H29N3O4S2. The fraction of sp³-hybridized carbons (Fsp3) is 0.417. The largest absolute Gasteiger partial charge is 0.326 e. The van der Waals surface area contributed by atoms with Crippen molar-refractivity contribution in [3.8, 4) is 0 Å². The quantitative estimate of drug-likeness (QED) is 0.562. The minimum atomic E-state index is -3.58. The first kappa shape index (κ1) is 23.7. The molecule has 9 heteroatoms. The van der Waals surface area contributed by atoms with E-state index in [0.29, 0.717) is 23.3 Å². The Morgan fingerprint density at radius 3 is 2.45 bits per heavy atom. The van der Waals surface area contributed by atoms with Gasteiger partial charge in [0.2, 0.25) is 15.9 Å². The molecular weight excluding hydrogens is 458 g/mol. The molecule has 0 saturated carbocycles. The number of hydrogen-bond acceptors (Lipinski definition) is 5. The zero-order chi connectivity index (χ0) is 23.6. The third kappa shape index (κ3) is 5.20. The topological polar surface area (TPSA) is 88.5 Å². The van der Waals surface area contributed by atoms with E-state index in [1.165, 1.54) is 0 Å². The first-order chi connectivity index (χ1) is 15.8. The van der Waals surface area contributed by atoms with E-state index >= 15 is 0 Å². The van der Waals surface area contributed by atoms with E-state index in [9.17, 15) is 18.0 Å². The van der Waals surface area contributed by atoms with Gasteiger partial charge in [-0.15, -0.1) is 0 Å². The third-order valence-corrected chi connectivity index (χ3v) is 8.90. The smallest absolute Gasteiger partial charge is 0.308 e. The lowest BCUT2D eigenvalue weighted by atomic mass is 10.1. The number of carbonyl (C=O) groups excluding carboxylic acids is 1. The Morgan fingerprint density at radius 1 is 1.03 bits per heavy atom. The fourth-order valence-corrected chi connectivity index (χ4v) is 6.80. The summed E-state index contributed by atoms with van der Waals surface area (Å²) in [6.45, 7) is 5.24. The van der Waals surface area contributed by atoms with Crippen LogP contribution in [-0.4, -0.2) is 36.3 Å². The van der Waals surface area contributed by atoms with Crippen LogP contribution in [0.1, 0.15) is 43.2 Å². The lowest BCUT2D eigenvalue weighted by molar-refractivity contribution is -0.116. The van der Waals surface area contributed by atoms with Gasteiger partial charge in [0.25, 0.3) is 0 Å². The molecule has 1 saturated heterocycles. The third-order valence-electron chi connectivity index (χ3n) is 6.06. The highest BCUT2D eigenvalue weighted by Crippen LogP contribution is 2.26. The number of thiazole rings is 1. The number of carbonyl (C=O) groups is 1. The molecule has 1 fully saturated rings. The van der Waals surface area contributed by atoms with Crippen molar-refractivity contribution in [1.82, 2.24) is 8.87 Å². The summed E-state index contributed by atoms with van der Waals surface area (Å²) in [6.07, 6.45) is 3.98. The van der Waals surface area contributed by atoms with E-state index in [1.807, 2.05) is 32.0 Å². The molecule has 1 amide bonds. The van der Waals surface area contributed by atoms with Crippen LogP contribution in [0.2, 0.25) is 0 Å². The van der Waals surface area contributed by atoms with Gasteiger partial charge in [-0.2, -0.15) is 4.31 Å². The number of aromatic nitrogens is 1. The van der Waals surface area contributed by atoms with E-state index in [-0.39, 0.29) is 28.6 Å². The maximum atomic E-state index is 13.1. The van der Waals surface area contributed by atoms with E-state index in [4.69, 9.17) is 0 Å². The number of nitrogens with zero attached hydrogens (tertiary/aromatic N) is 2. The molecule has 2 aromatic carbocycles. The minimum absolute atomic E-state index is 0.146. The van der Waals surface area contributed by atoms with Gasteiger partial charge >= 0.3 is 4.87 Å². The van der Waals surface area contributed by atoms with Gasteiger partial charge in [0.05, 0.1) is 15.1 Å². The highest BCUT2D eigenvalue weighted by Gasteiger charge is 2.26. The Bertz CT molecular complexity index is 1330. The first-order valence-electron chi connectivity index (χ1n) is 11.3. The van der Waals surface area contributed by atoms with Crippen molar-refractivity contribution in [3.05, 3.63) is 57.2 Å². The van der Waals surface area contributed by atoms with Crippen molar-refractivity contribution in [2.45, 2.75) is 57.4 Å². The van der Waals surface area contributed by atoms with Crippen LogP contribution in [0.5, 0.6) is 0 Å². The summed E-state index contributed by atoms with van der Waals surface area (Å²) < 4.78 is 29.9. The second-order valence-electron chi connectivity index (χ2n) is 8.58. The van der Waals surface area contributed by atoms with Crippen LogP contribution in [0.4, 0.5) is 5.69 Å². The monoisotopic (exact) mass is 487 g/mol. The number of amides is 1. The number of nitrogens with one attached hydrogen (secondary N) is 1. The van der Waals surface area contributed by atoms with Crippen LogP contribution in [0.3, 0.4) is 0 Å². The van der Waals surface area contributed by atoms with Crippen LogP contribution in [0.15, 0.2) is 46.1 Å². The summed E-state index contributed by atoms with van der Waals surface area (Å²) in [5.41, 5.74) is 3.52. The Labute approximate surface area is 198 Å². The van der Waals surface area contributed by atoms with Crippen molar-refractivity contribution in [3.63, 3.8) is 0 Å². The lowest BCUT2D eigenvalue weighted by Crippen LogP contribution is -2.31. The molecule has 0 atom stereocenters. The number of aryl methyl sites for hydroxylation is 3. The van der Waals surface area contributed by atoms with Gasteiger partial charge in [-0.05, 0) is 56.5 Å². The molecule has 33 heavy (non-hydrogen) atoms. The van der Waals surface area contributed by atoms with E-state index in [1.54, 1.807) is 27.1 Å². The van der Waals surface area contributed by atoms with Crippen molar-refractivity contribution in [2.75, 3.05) is 18.4 Å². The van der Waals surface area contributed by atoms with E-state index < -0.39 is 10.0 Å². The number of benzene rings is 2. The molecule has 2 heterocycles. The SMILES string of the molecule is Cc1ccc(NC(=O)CCn2c(=O)sc3cc(S(=O)(=O)N4CCCCCC4)ccc32)c(C)c1. The molecule has 0 aliphatic carbocycles. The predicted octanol–water partition coefficient (Wildman–Crippen LogP) is 4.27. The molecule has 1 aromatic heterocycles. The van der Waals surface area contributed by atoms with Gasteiger partial charge < -0.3 is 5.32 Å². The molecule has 1 N–H and O–H groups in total. The molecule has 176 valence electrons. The number of rotatable bonds is 6. The molecule has 4 rings (SSSR count). The van der Waals surface area contributed by atoms with E-state index in [2.05, 4.69) is 5.32 Å². The second-order valence-corrected chi connectivity index (χ2v) is 11.5. The molecule has 0 unspecified atom stereocenters. The number of anilines is 1. The summed E-state index contributed by atoms with van der Waals surface area (Å²) >= 11 is 1.01. The maximum absolute atomic E-state index is 13.1. The van der Waals surface area contributed by atoms with Crippen molar-refractivity contribution >= 4 is 43.2 Å². The zero-order valence-electron chi connectivity index (χ0n) is 19.0. The Balaban J connectivity index is 1.50. The second kappa shape index (κ2) is 9.79. The van der Waals surface area contributed by atoms with Gasteiger partial charge in [-0.3, -0.25) is 14.2 Å². The first-order valence-corrected chi connectivity index (χ1v) is 13.5. The Morgan fingerprint density at radius 2 is 1.76 bits per heavy atom. The summed E-state index contributed by atoms with van der Waals surface area (Å²) in [5, 5.41) is 2.90. The maximum Gasteiger partial charge on any atom is 0.308 e. The van der Waals surface area contributed by atoms with Crippen LogP contribution in [0.25, 0.3) is 10.2 Å². The molecule has 0 radical (unpaired) electrons. The summed E-state index contributed by atoms with van der Waals surface area (Å²) in [6, 6.07) is 10.7. The lowest BCUT2D eigenvalue weighted by Gasteiger charge is -2.19. The Kier molecular flexibility index (Phi) is 7.02. The highest BCUT2D eigenvalue weighted by atomic mass is 32.2. The molecule has 3 aromatic rings. The average molecular weight is 488 g/mol. The van der Waals surface area contributed by atoms with Crippen molar-refractivity contribution < 1.29 is 13.2 Å². The predicted molar refractivity (Wildman–Crippen MR) is 132 cm³/mol. The average Bonchev–Trinajstić information content (AvgIpc) is 2.93. The highest BCUT2D eigenvalue weighted by molar-refractivity contribution is 7.89. The van der Waals surface area contributed by atoms with Gasteiger partial charge in [-0.25, -0.2) is 8.42 Å². The van der Waals surface area contributed by atoms with Crippen LogP contribution in [-0.2, 0) is 21.4 Å². The normalized spacial score (nSPS) is 15.5. The molecule has 0 spiro atoms. The van der Waals surface area contributed by atoms with Gasteiger partial charge in [-0.1, -0.05) is 41.9 Å². The summed E-state index contributed by atoms with van der Waals surface area (Å²) in [7, 11) is -3.58. The van der Waals surface area contributed by atoms with Crippen LogP contribution >= 0.6 is 11.3 Å². The molecule has 0 bridgehead atoms. The van der Waals surface area contributed by atoms with Crippen molar-refractivity contribution in [1.29, 1.82) is 0 Å². The van der Waals surface area contributed by atoms with Gasteiger partial charge in [0.1, 0.15) is 0 Å². The fourth-order valence-electron chi connectivity index (χ4n) is 4.23. The standard InChI is InChI=1S/C24H29N3O4S2/c1-17-7-9-20(18(2)15-17)25-23(28)11-14-27-21-10-8-19(16-22(21)32-24(27)29)33(30,31)26-12-5-3-4-6-13-26/h7-10,15-16H,3-6,11-14H2,1-2H3,(H,25,28). The molecule has 1 aliphatic rings. The number of fused-ring (bicyclic) bond motifs is 1. The minimum Gasteiger partial charge on any atom is -0.326 e. The van der Waals surface area contributed by atoms with Crippen LogP contribution < -0.4 is 10.2 Å². The van der Waals surface area contributed by atoms with E-state index in [0.717, 1.165) is 53.8 Å². The Hall–Kier alpha value is -2.49. The number of hydrogen-bond donors (Lipinski definition) is 1. The van der Waals surface area contributed by atoms with Gasteiger partial charge in [0, 0.05) is 31.7 Å². The summed E-state index contributed by atoms with van der Waals surface area (Å²) in [4.78, 5) is 25.1. The number of sulfonamides is 1.